The van der Waals surface area contributed by atoms with E-state index in [4.69, 9.17) is 0 Å². The smallest absolute Gasteiger partial charge is 0.350 e. The monoisotopic (exact) mass is 409 g/mol. The summed E-state index contributed by atoms with van der Waals surface area (Å²) in [5.74, 6) is -3.40. The molecule has 9 heteroatoms. The highest BCUT2D eigenvalue weighted by atomic mass is 32.2. The third kappa shape index (κ3) is 2.36. The van der Waals surface area contributed by atoms with Crippen molar-refractivity contribution >= 4 is 10.0 Å². The molecule has 1 aliphatic carbocycles. The molecule has 2 aromatic rings. The van der Waals surface area contributed by atoms with Crippen LogP contribution < -0.4 is 0 Å². The van der Waals surface area contributed by atoms with Gasteiger partial charge in [0.2, 0.25) is 0 Å². The Morgan fingerprint density at radius 3 is 2.61 bits per heavy atom. The molecule has 1 N–H and O–H groups in total. The Hall–Kier alpha value is -1.84. The number of sulfonamides is 1. The molecule has 1 saturated heterocycles. The van der Waals surface area contributed by atoms with Crippen molar-refractivity contribution in [3.63, 3.8) is 0 Å². The number of aliphatic hydroxyl groups excluding tert-OH is 1. The topological polar surface area (TPSA) is 75.4 Å². The van der Waals surface area contributed by atoms with E-state index in [9.17, 15) is 22.3 Å². The third-order valence-electron chi connectivity index (χ3n) is 6.91. The summed E-state index contributed by atoms with van der Waals surface area (Å²) >= 11 is 0. The van der Waals surface area contributed by atoms with Crippen LogP contribution in [0, 0.1) is 11.3 Å². The number of aromatic nitrogens is 2. The van der Waals surface area contributed by atoms with Gasteiger partial charge in [-0.1, -0.05) is 24.3 Å². The molecule has 1 saturated carbocycles. The molecule has 0 radical (unpaired) electrons. The second kappa shape index (κ2) is 6.08. The van der Waals surface area contributed by atoms with Gasteiger partial charge in [0.1, 0.15) is 0 Å². The molecule has 0 amide bonds. The van der Waals surface area contributed by atoms with Crippen LogP contribution in [0.2, 0.25) is 0 Å². The standard InChI is InChI=1S/C19H21F2N3O3S/c20-18(21)28(26,27)23-7-5-19(6-8-23)9-14(17(19)25)16-13-4-2-1-3-12(13)15-10-22-11-24(15)16/h1-4,10-11,14,16-18,25H,5-9H2/t14-,16+,17+/m1/s1. The first-order chi connectivity index (χ1) is 13.3. The van der Waals surface area contributed by atoms with Gasteiger partial charge in [-0.05, 0) is 30.2 Å². The second-order valence-electron chi connectivity index (χ2n) is 8.10. The Morgan fingerprint density at radius 1 is 1.21 bits per heavy atom. The summed E-state index contributed by atoms with van der Waals surface area (Å²) < 4.78 is 52.0. The summed E-state index contributed by atoms with van der Waals surface area (Å²) in [5, 5.41) is 11.1. The first-order valence-electron chi connectivity index (χ1n) is 9.41. The lowest BCUT2D eigenvalue weighted by Crippen LogP contribution is -2.60. The molecule has 3 atom stereocenters. The molecule has 6 nitrogen and oxygen atoms in total. The minimum absolute atomic E-state index is 0.00264. The Balaban J connectivity index is 1.36. The predicted octanol–water partition coefficient (Wildman–Crippen LogP) is 2.47. The molecule has 3 aliphatic rings. The third-order valence-corrected chi connectivity index (χ3v) is 8.44. The van der Waals surface area contributed by atoms with Crippen molar-refractivity contribution in [2.24, 2.45) is 11.3 Å². The highest BCUT2D eigenvalue weighted by Crippen LogP contribution is 2.59. The van der Waals surface area contributed by atoms with E-state index in [2.05, 4.69) is 21.7 Å². The van der Waals surface area contributed by atoms with E-state index in [-0.39, 0.29) is 25.0 Å². The summed E-state index contributed by atoms with van der Waals surface area (Å²) in [4.78, 5) is 4.25. The fraction of sp³-hybridized carbons (Fsp3) is 0.526. The van der Waals surface area contributed by atoms with Crippen LogP contribution >= 0.6 is 0 Å². The number of aliphatic hydroxyl groups is 1. The van der Waals surface area contributed by atoms with Crippen molar-refractivity contribution in [2.45, 2.75) is 37.2 Å². The minimum atomic E-state index is -4.55. The highest BCUT2D eigenvalue weighted by molar-refractivity contribution is 7.89. The van der Waals surface area contributed by atoms with Gasteiger partial charge in [-0.25, -0.2) is 13.4 Å². The molecule has 1 aromatic heterocycles. The van der Waals surface area contributed by atoms with E-state index in [1.165, 1.54) is 0 Å². The minimum Gasteiger partial charge on any atom is -0.392 e. The number of benzene rings is 1. The van der Waals surface area contributed by atoms with Crippen LogP contribution in [-0.2, 0) is 10.0 Å². The fourth-order valence-electron chi connectivity index (χ4n) is 5.39. The molecule has 1 spiro atoms. The van der Waals surface area contributed by atoms with Crippen LogP contribution in [0.4, 0.5) is 8.78 Å². The van der Waals surface area contributed by atoms with Crippen LogP contribution in [-0.4, -0.2) is 52.3 Å². The van der Waals surface area contributed by atoms with Crippen LogP contribution in [0.25, 0.3) is 11.3 Å². The maximum atomic E-state index is 12.8. The lowest BCUT2D eigenvalue weighted by molar-refractivity contribution is -0.152. The maximum Gasteiger partial charge on any atom is 0.350 e. The van der Waals surface area contributed by atoms with Gasteiger partial charge in [0.05, 0.1) is 30.4 Å². The van der Waals surface area contributed by atoms with Crippen LogP contribution in [0.5, 0.6) is 0 Å². The molecule has 2 fully saturated rings. The number of nitrogens with zero attached hydrogens (tertiary/aromatic N) is 3. The molecule has 5 rings (SSSR count). The SMILES string of the molecule is O=S(=O)(C(F)F)N1CCC2(CC1)C[C@H]([C@@H]1c3ccccc3-c3cncn31)[C@@H]2O. The average Bonchev–Trinajstić information content (AvgIpc) is 3.27. The van der Waals surface area contributed by atoms with E-state index in [0.29, 0.717) is 12.8 Å². The van der Waals surface area contributed by atoms with Crippen LogP contribution in [0.15, 0.2) is 36.8 Å². The second-order valence-corrected chi connectivity index (χ2v) is 10.0. The summed E-state index contributed by atoms with van der Waals surface area (Å²) in [6.07, 6.45) is 4.56. The van der Waals surface area contributed by atoms with Gasteiger partial charge < -0.3 is 9.67 Å². The molecule has 0 bridgehead atoms. The Labute approximate surface area is 161 Å². The van der Waals surface area contributed by atoms with E-state index in [1.807, 2.05) is 18.3 Å². The summed E-state index contributed by atoms with van der Waals surface area (Å²) in [6.45, 7) is 0.0715. The number of hydrogen-bond donors (Lipinski definition) is 1. The summed E-state index contributed by atoms with van der Waals surface area (Å²) in [5.41, 5.74) is 2.93. The molecular weight excluding hydrogens is 388 g/mol. The molecule has 1 aromatic carbocycles. The Bertz CT molecular complexity index is 1010. The number of fused-ring (bicyclic) bond motifs is 3. The Kier molecular flexibility index (Phi) is 3.95. The van der Waals surface area contributed by atoms with Gasteiger partial charge in [0, 0.05) is 24.6 Å². The van der Waals surface area contributed by atoms with Gasteiger partial charge in [-0.3, -0.25) is 0 Å². The normalized spacial score (nSPS) is 28.9. The molecule has 3 heterocycles. The number of halogens is 2. The van der Waals surface area contributed by atoms with E-state index >= 15 is 0 Å². The predicted molar refractivity (Wildman–Crippen MR) is 98.1 cm³/mol. The summed E-state index contributed by atoms with van der Waals surface area (Å²) in [7, 11) is -4.55. The number of rotatable bonds is 3. The van der Waals surface area contributed by atoms with Gasteiger partial charge >= 0.3 is 5.76 Å². The fourth-order valence-corrected chi connectivity index (χ4v) is 6.31. The van der Waals surface area contributed by atoms with E-state index < -0.39 is 27.3 Å². The van der Waals surface area contributed by atoms with Crippen molar-refractivity contribution < 1.29 is 22.3 Å². The van der Waals surface area contributed by atoms with Crippen molar-refractivity contribution in [1.82, 2.24) is 13.9 Å². The first-order valence-corrected chi connectivity index (χ1v) is 10.9. The maximum absolute atomic E-state index is 12.8. The molecular formula is C19H21F2N3O3S. The first kappa shape index (κ1) is 18.2. The van der Waals surface area contributed by atoms with Crippen LogP contribution in [0.1, 0.15) is 30.9 Å². The van der Waals surface area contributed by atoms with Gasteiger partial charge in [-0.2, -0.15) is 13.1 Å². The van der Waals surface area contributed by atoms with Crippen molar-refractivity contribution in [3.05, 3.63) is 42.4 Å². The number of imidazole rings is 1. The lowest BCUT2D eigenvalue weighted by Gasteiger charge is -2.57. The zero-order valence-electron chi connectivity index (χ0n) is 15.1. The molecule has 28 heavy (non-hydrogen) atoms. The largest absolute Gasteiger partial charge is 0.392 e. The highest BCUT2D eigenvalue weighted by Gasteiger charge is 2.58. The quantitative estimate of drug-likeness (QED) is 0.845. The lowest BCUT2D eigenvalue weighted by atomic mass is 9.53. The van der Waals surface area contributed by atoms with Crippen molar-refractivity contribution in [1.29, 1.82) is 0 Å². The Morgan fingerprint density at radius 2 is 1.93 bits per heavy atom. The van der Waals surface area contributed by atoms with Gasteiger partial charge in [-0.15, -0.1) is 0 Å². The number of alkyl halides is 2. The van der Waals surface area contributed by atoms with Gasteiger partial charge in [0.15, 0.2) is 0 Å². The molecule has 0 unspecified atom stereocenters. The van der Waals surface area contributed by atoms with E-state index in [0.717, 1.165) is 27.5 Å². The number of hydrogen-bond acceptors (Lipinski definition) is 4. The van der Waals surface area contributed by atoms with Crippen molar-refractivity contribution in [3.8, 4) is 11.3 Å². The zero-order chi connectivity index (χ0) is 19.7. The average molecular weight is 409 g/mol. The number of piperidine rings is 1. The van der Waals surface area contributed by atoms with E-state index in [1.54, 1.807) is 6.33 Å². The summed E-state index contributed by atoms with van der Waals surface area (Å²) in [6, 6.07) is 8.09. The molecule has 150 valence electrons. The van der Waals surface area contributed by atoms with Gasteiger partial charge in [0.25, 0.3) is 10.0 Å². The van der Waals surface area contributed by atoms with Crippen molar-refractivity contribution in [2.75, 3.05) is 13.1 Å². The molecule has 2 aliphatic heterocycles. The van der Waals surface area contributed by atoms with Crippen LogP contribution in [0.3, 0.4) is 0 Å². The zero-order valence-corrected chi connectivity index (χ0v) is 15.9.